The zero-order valence-electron chi connectivity index (χ0n) is 15.2. The van der Waals surface area contributed by atoms with Gasteiger partial charge >= 0.3 is 0 Å². The molecule has 0 bridgehead atoms. The number of nitrogens with one attached hydrogen (secondary N) is 1. The van der Waals surface area contributed by atoms with E-state index in [1.807, 2.05) is 0 Å². The van der Waals surface area contributed by atoms with Gasteiger partial charge < -0.3 is 20.2 Å². The lowest BCUT2D eigenvalue weighted by Gasteiger charge is -2.42. The summed E-state index contributed by atoms with van der Waals surface area (Å²) in [6.07, 6.45) is 7.67. The topological polar surface area (TPSA) is 80.7 Å². The number of amides is 1. The quantitative estimate of drug-likeness (QED) is 0.757. The van der Waals surface area contributed by atoms with E-state index in [1.54, 1.807) is 6.07 Å². The molecule has 3 N–H and O–H groups in total. The Balaban J connectivity index is 0.00000169. The molecular formula is C18H31Cl2N3O3. The molecule has 6 nitrogen and oxygen atoms in total. The number of carbonyl (C=O) groups excluding carboxylic acids is 1. The third-order valence-electron chi connectivity index (χ3n) is 5.32. The lowest BCUT2D eigenvalue weighted by molar-refractivity contribution is 0.00728. The zero-order valence-corrected chi connectivity index (χ0v) is 16.8. The molecular weight excluding hydrogens is 377 g/mol. The van der Waals surface area contributed by atoms with Crippen LogP contribution in [-0.2, 0) is 11.3 Å². The van der Waals surface area contributed by atoms with Crippen LogP contribution in [0.15, 0.2) is 16.7 Å². The fraction of sp³-hybridized carbons (Fsp3) is 0.722. The minimum atomic E-state index is -0.0645. The Bertz CT molecular complexity index is 542. The van der Waals surface area contributed by atoms with Gasteiger partial charge in [-0.15, -0.1) is 24.8 Å². The first kappa shape index (κ1) is 23.2. The Kier molecular flexibility index (Phi) is 9.97. The molecule has 0 aromatic carbocycles. The summed E-state index contributed by atoms with van der Waals surface area (Å²) < 4.78 is 10.7. The van der Waals surface area contributed by atoms with E-state index < -0.39 is 0 Å². The van der Waals surface area contributed by atoms with Gasteiger partial charge in [0.25, 0.3) is 5.91 Å². The third kappa shape index (κ3) is 6.13. The molecule has 1 aliphatic carbocycles. The van der Waals surface area contributed by atoms with Crippen molar-refractivity contribution in [3.05, 3.63) is 23.7 Å². The summed E-state index contributed by atoms with van der Waals surface area (Å²) in [7, 11) is 0. The van der Waals surface area contributed by atoms with Gasteiger partial charge in [-0.05, 0) is 18.9 Å². The summed E-state index contributed by atoms with van der Waals surface area (Å²) in [5, 5.41) is 3.14. The number of hydrogen-bond acceptors (Lipinski definition) is 5. The molecule has 2 aliphatic rings. The Morgan fingerprint density at radius 2 is 1.88 bits per heavy atom. The van der Waals surface area contributed by atoms with Crippen LogP contribution in [0.4, 0.5) is 0 Å². The van der Waals surface area contributed by atoms with Crippen LogP contribution in [-0.4, -0.2) is 50.2 Å². The van der Waals surface area contributed by atoms with Gasteiger partial charge in [0.2, 0.25) is 0 Å². The van der Waals surface area contributed by atoms with E-state index in [2.05, 4.69) is 10.2 Å². The number of nitrogens with zero attached hydrogens (tertiary/aromatic N) is 1. The van der Waals surface area contributed by atoms with Crippen molar-refractivity contribution in [1.29, 1.82) is 0 Å². The van der Waals surface area contributed by atoms with E-state index in [0.717, 1.165) is 39.4 Å². The molecule has 0 unspecified atom stereocenters. The lowest BCUT2D eigenvalue weighted by atomic mass is 9.73. The van der Waals surface area contributed by atoms with E-state index in [9.17, 15) is 4.79 Å². The highest BCUT2D eigenvalue weighted by Crippen LogP contribution is 2.36. The number of ether oxygens (including phenoxy) is 1. The second kappa shape index (κ2) is 11.1. The zero-order chi connectivity index (χ0) is 16.8. The number of hydrogen-bond donors (Lipinski definition) is 2. The van der Waals surface area contributed by atoms with Crippen LogP contribution in [0.3, 0.4) is 0 Å². The van der Waals surface area contributed by atoms with Crippen molar-refractivity contribution in [3.63, 3.8) is 0 Å². The number of nitrogens with two attached hydrogens (primary N) is 1. The van der Waals surface area contributed by atoms with Crippen molar-refractivity contribution in [2.75, 3.05) is 39.4 Å². The summed E-state index contributed by atoms with van der Waals surface area (Å²) >= 11 is 0. The highest BCUT2D eigenvalue weighted by atomic mass is 35.5. The Morgan fingerprint density at radius 1 is 1.19 bits per heavy atom. The summed E-state index contributed by atoms with van der Waals surface area (Å²) in [5.41, 5.74) is 6.29. The van der Waals surface area contributed by atoms with Crippen LogP contribution in [0.1, 0.15) is 48.2 Å². The predicted octanol–water partition coefficient (Wildman–Crippen LogP) is 2.59. The molecule has 3 rings (SSSR count). The van der Waals surface area contributed by atoms with Gasteiger partial charge in [0.1, 0.15) is 12.0 Å². The minimum absolute atomic E-state index is 0. The monoisotopic (exact) mass is 407 g/mol. The van der Waals surface area contributed by atoms with Crippen LogP contribution >= 0.6 is 24.8 Å². The maximum atomic E-state index is 12.4. The summed E-state index contributed by atoms with van der Waals surface area (Å²) in [4.78, 5) is 14.9. The summed E-state index contributed by atoms with van der Waals surface area (Å²) in [5.74, 6) is 0.575. The number of morpholine rings is 1. The molecule has 1 aromatic heterocycles. The first-order chi connectivity index (χ1) is 11.7. The molecule has 0 radical (unpaired) electrons. The second-order valence-electron chi connectivity index (χ2n) is 7.14. The third-order valence-corrected chi connectivity index (χ3v) is 5.32. The summed E-state index contributed by atoms with van der Waals surface area (Å²) in [6.45, 7) is 5.73. The van der Waals surface area contributed by atoms with Crippen LogP contribution in [0.5, 0.6) is 0 Å². The lowest BCUT2D eigenvalue weighted by Crippen LogP contribution is -2.49. The van der Waals surface area contributed by atoms with Crippen LogP contribution < -0.4 is 11.1 Å². The van der Waals surface area contributed by atoms with Crippen LogP contribution in [0, 0.1) is 5.41 Å². The molecule has 1 aliphatic heterocycles. The average Bonchev–Trinajstić information content (AvgIpc) is 3.11. The van der Waals surface area contributed by atoms with E-state index in [-0.39, 0.29) is 36.1 Å². The molecule has 1 saturated heterocycles. The molecule has 0 atom stereocenters. The van der Waals surface area contributed by atoms with Gasteiger partial charge in [-0.3, -0.25) is 9.69 Å². The Morgan fingerprint density at radius 3 is 2.50 bits per heavy atom. The van der Waals surface area contributed by atoms with Gasteiger partial charge in [0, 0.05) is 31.6 Å². The van der Waals surface area contributed by atoms with Crippen LogP contribution in [0.2, 0.25) is 0 Å². The number of carbonyl (C=O) groups is 1. The fourth-order valence-electron chi connectivity index (χ4n) is 3.90. The largest absolute Gasteiger partial charge is 0.467 e. The second-order valence-corrected chi connectivity index (χ2v) is 7.14. The molecule has 2 heterocycles. The summed E-state index contributed by atoms with van der Waals surface area (Å²) in [6, 6.07) is 1.73. The SMILES string of the molecule is Cl.Cl.NCc1cc(C(=O)NCC2(CN3CCOCC3)CCCCC2)co1. The first-order valence-electron chi connectivity index (χ1n) is 9.07. The normalized spacial score (nSPS) is 19.9. The highest BCUT2D eigenvalue weighted by Gasteiger charge is 2.34. The van der Waals surface area contributed by atoms with E-state index in [0.29, 0.717) is 17.9 Å². The molecule has 8 heteroatoms. The number of halogens is 2. The van der Waals surface area contributed by atoms with Crippen molar-refractivity contribution in [1.82, 2.24) is 10.2 Å². The van der Waals surface area contributed by atoms with E-state index in [1.165, 1.54) is 38.4 Å². The van der Waals surface area contributed by atoms with Gasteiger partial charge in [-0.25, -0.2) is 0 Å². The van der Waals surface area contributed by atoms with Gasteiger partial charge in [-0.1, -0.05) is 19.3 Å². The Labute approximate surface area is 168 Å². The first-order valence-corrected chi connectivity index (χ1v) is 9.07. The maximum Gasteiger partial charge on any atom is 0.254 e. The number of furan rings is 1. The molecule has 1 saturated carbocycles. The van der Waals surface area contributed by atoms with Gasteiger partial charge in [0.05, 0.1) is 25.3 Å². The maximum absolute atomic E-state index is 12.4. The molecule has 1 amide bonds. The smallest absolute Gasteiger partial charge is 0.254 e. The molecule has 150 valence electrons. The van der Waals surface area contributed by atoms with Crippen molar-refractivity contribution in [3.8, 4) is 0 Å². The molecule has 2 fully saturated rings. The highest BCUT2D eigenvalue weighted by molar-refractivity contribution is 5.94. The van der Waals surface area contributed by atoms with Crippen LogP contribution in [0.25, 0.3) is 0 Å². The predicted molar refractivity (Wildman–Crippen MR) is 106 cm³/mol. The Hall–Kier alpha value is -0.790. The number of rotatable bonds is 6. The van der Waals surface area contributed by atoms with Gasteiger partial charge in [-0.2, -0.15) is 0 Å². The van der Waals surface area contributed by atoms with Crippen molar-refractivity contribution in [2.45, 2.75) is 38.6 Å². The van der Waals surface area contributed by atoms with E-state index in [4.69, 9.17) is 14.9 Å². The molecule has 0 spiro atoms. The fourth-order valence-corrected chi connectivity index (χ4v) is 3.90. The standard InChI is InChI=1S/C18H29N3O3.2ClH/c19-11-16-10-15(12-24-16)17(22)20-13-18(4-2-1-3-5-18)14-21-6-8-23-9-7-21;;/h10,12H,1-9,11,13-14,19H2,(H,20,22);2*1H. The van der Waals surface area contributed by atoms with Gasteiger partial charge in [0.15, 0.2) is 0 Å². The molecule has 1 aromatic rings. The van der Waals surface area contributed by atoms with Crippen molar-refractivity contribution < 1.29 is 13.9 Å². The minimum Gasteiger partial charge on any atom is -0.467 e. The average molecular weight is 408 g/mol. The molecule has 26 heavy (non-hydrogen) atoms. The van der Waals surface area contributed by atoms with Crippen molar-refractivity contribution in [2.24, 2.45) is 11.1 Å². The van der Waals surface area contributed by atoms with Crippen molar-refractivity contribution >= 4 is 30.7 Å². The van der Waals surface area contributed by atoms with E-state index >= 15 is 0 Å².